The van der Waals surface area contributed by atoms with Crippen LogP contribution in [0.5, 0.6) is 0 Å². The Morgan fingerprint density at radius 3 is 2.87 bits per heavy atom. The summed E-state index contributed by atoms with van der Waals surface area (Å²) in [5.41, 5.74) is 0.663. The molecule has 0 unspecified atom stereocenters. The van der Waals surface area contributed by atoms with Gasteiger partial charge in [-0.1, -0.05) is 22.9 Å². The maximum atomic E-state index is 12.7. The Kier molecular flexibility index (Phi) is 8.51. The van der Waals surface area contributed by atoms with E-state index in [1.807, 2.05) is 10.8 Å². The summed E-state index contributed by atoms with van der Waals surface area (Å²) in [7, 11) is 1.54. The van der Waals surface area contributed by atoms with Gasteiger partial charge in [-0.15, -0.1) is 0 Å². The SMILES string of the molecule is COCCC(=O)N(Cc1ccc(Cl)cn1)c1ncc(C(=O)NCCCn2ccnc2)s1. The van der Waals surface area contributed by atoms with Crippen LogP contribution in [0.15, 0.2) is 43.2 Å². The number of carbonyl (C=O) groups is 2. The zero-order valence-corrected chi connectivity index (χ0v) is 18.6. The van der Waals surface area contributed by atoms with E-state index < -0.39 is 0 Å². The molecule has 0 fully saturated rings. The van der Waals surface area contributed by atoms with E-state index in [0.717, 1.165) is 24.3 Å². The van der Waals surface area contributed by atoms with Crippen molar-refractivity contribution in [3.05, 3.63) is 58.8 Å². The summed E-state index contributed by atoms with van der Waals surface area (Å²) in [6.45, 7) is 1.80. The molecule has 31 heavy (non-hydrogen) atoms. The fraction of sp³-hybridized carbons (Fsp3) is 0.350. The molecule has 0 bridgehead atoms. The number of halogens is 1. The lowest BCUT2D eigenvalue weighted by Gasteiger charge is -2.19. The first-order valence-corrected chi connectivity index (χ1v) is 10.9. The number of pyridine rings is 1. The predicted molar refractivity (Wildman–Crippen MR) is 118 cm³/mol. The second-order valence-corrected chi connectivity index (χ2v) is 8.05. The van der Waals surface area contributed by atoms with Crippen molar-refractivity contribution in [1.82, 2.24) is 24.8 Å². The maximum absolute atomic E-state index is 12.7. The molecular weight excluding hydrogens is 440 g/mol. The van der Waals surface area contributed by atoms with Gasteiger partial charge in [0.1, 0.15) is 4.88 Å². The molecule has 164 valence electrons. The lowest BCUT2D eigenvalue weighted by Crippen LogP contribution is -2.31. The molecule has 0 saturated carbocycles. The highest BCUT2D eigenvalue weighted by Gasteiger charge is 2.21. The number of ether oxygens (including phenoxy) is 1. The third kappa shape index (κ3) is 6.84. The highest BCUT2D eigenvalue weighted by Crippen LogP contribution is 2.25. The van der Waals surface area contributed by atoms with Gasteiger partial charge in [-0.25, -0.2) is 9.97 Å². The van der Waals surface area contributed by atoms with E-state index in [4.69, 9.17) is 16.3 Å². The van der Waals surface area contributed by atoms with E-state index in [0.29, 0.717) is 33.9 Å². The quantitative estimate of drug-likeness (QED) is 0.439. The molecule has 3 heterocycles. The topological polar surface area (TPSA) is 102 Å². The molecular formula is C20H23ClN6O3S. The number of amides is 2. The minimum Gasteiger partial charge on any atom is -0.384 e. The van der Waals surface area contributed by atoms with Crippen LogP contribution in [0.1, 0.15) is 28.2 Å². The largest absolute Gasteiger partial charge is 0.384 e. The maximum Gasteiger partial charge on any atom is 0.263 e. The molecule has 0 aliphatic heterocycles. The number of thiazole rings is 1. The van der Waals surface area contributed by atoms with Crippen molar-refractivity contribution in [3.8, 4) is 0 Å². The molecule has 2 amide bonds. The first-order chi connectivity index (χ1) is 15.1. The summed E-state index contributed by atoms with van der Waals surface area (Å²) in [4.78, 5) is 39.7. The Balaban J connectivity index is 1.63. The average Bonchev–Trinajstić information content (AvgIpc) is 3.47. The summed E-state index contributed by atoms with van der Waals surface area (Å²) >= 11 is 7.06. The number of hydrogen-bond donors (Lipinski definition) is 1. The van der Waals surface area contributed by atoms with Crippen molar-refractivity contribution in [1.29, 1.82) is 0 Å². The normalized spacial score (nSPS) is 10.8. The number of nitrogens with one attached hydrogen (secondary N) is 1. The summed E-state index contributed by atoms with van der Waals surface area (Å²) in [6, 6.07) is 3.46. The number of hydrogen-bond acceptors (Lipinski definition) is 7. The van der Waals surface area contributed by atoms with E-state index in [2.05, 4.69) is 20.3 Å². The Morgan fingerprint density at radius 2 is 2.16 bits per heavy atom. The lowest BCUT2D eigenvalue weighted by atomic mass is 10.3. The molecule has 0 spiro atoms. The van der Waals surface area contributed by atoms with Crippen LogP contribution in [0.25, 0.3) is 0 Å². The first-order valence-electron chi connectivity index (χ1n) is 9.66. The molecule has 11 heteroatoms. The van der Waals surface area contributed by atoms with Crippen LogP contribution in [0, 0.1) is 0 Å². The number of carbonyl (C=O) groups excluding carboxylic acids is 2. The van der Waals surface area contributed by atoms with Crippen molar-refractivity contribution >= 4 is 39.9 Å². The summed E-state index contributed by atoms with van der Waals surface area (Å²) in [5, 5.41) is 3.83. The third-order valence-corrected chi connectivity index (χ3v) is 5.56. The monoisotopic (exact) mass is 462 g/mol. The Hall–Kier alpha value is -2.82. The molecule has 0 aliphatic carbocycles. The molecule has 0 atom stereocenters. The van der Waals surface area contributed by atoms with Gasteiger partial charge in [-0.2, -0.15) is 0 Å². The summed E-state index contributed by atoms with van der Waals surface area (Å²) in [6.07, 6.45) is 9.31. The average molecular weight is 463 g/mol. The summed E-state index contributed by atoms with van der Waals surface area (Å²) in [5.74, 6) is -0.386. The molecule has 3 aromatic heterocycles. The van der Waals surface area contributed by atoms with Gasteiger partial charge in [0.15, 0.2) is 5.13 Å². The van der Waals surface area contributed by atoms with Crippen LogP contribution in [-0.4, -0.2) is 51.6 Å². The molecule has 0 saturated heterocycles. The highest BCUT2D eigenvalue weighted by molar-refractivity contribution is 7.17. The third-order valence-electron chi connectivity index (χ3n) is 4.32. The van der Waals surface area contributed by atoms with Crippen LogP contribution >= 0.6 is 22.9 Å². The zero-order chi connectivity index (χ0) is 22.1. The molecule has 1 N–H and O–H groups in total. The Labute approximate surface area is 189 Å². The van der Waals surface area contributed by atoms with E-state index in [1.165, 1.54) is 24.4 Å². The van der Waals surface area contributed by atoms with Crippen LogP contribution in [-0.2, 0) is 22.6 Å². The van der Waals surface area contributed by atoms with Gasteiger partial charge >= 0.3 is 0 Å². The number of imidazole rings is 1. The summed E-state index contributed by atoms with van der Waals surface area (Å²) < 4.78 is 6.97. The number of rotatable bonds is 11. The lowest BCUT2D eigenvalue weighted by molar-refractivity contribution is -0.119. The zero-order valence-electron chi connectivity index (χ0n) is 17.0. The van der Waals surface area contributed by atoms with Crippen molar-refractivity contribution in [2.24, 2.45) is 0 Å². The highest BCUT2D eigenvalue weighted by atomic mass is 35.5. The van der Waals surface area contributed by atoms with Gasteiger partial charge in [0.25, 0.3) is 5.91 Å². The van der Waals surface area contributed by atoms with E-state index >= 15 is 0 Å². The number of aryl methyl sites for hydroxylation is 1. The Morgan fingerprint density at radius 1 is 1.29 bits per heavy atom. The van der Waals surface area contributed by atoms with Gasteiger partial charge in [-0.3, -0.25) is 19.5 Å². The molecule has 0 radical (unpaired) electrons. The second kappa shape index (κ2) is 11.5. The van der Waals surface area contributed by atoms with Crippen LogP contribution in [0.2, 0.25) is 5.02 Å². The number of nitrogens with zero attached hydrogens (tertiary/aromatic N) is 5. The number of methoxy groups -OCH3 is 1. The van der Waals surface area contributed by atoms with Gasteiger partial charge in [0.2, 0.25) is 5.91 Å². The van der Waals surface area contributed by atoms with Crippen LogP contribution in [0.3, 0.4) is 0 Å². The standard InChI is InChI=1S/C20H23ClN6O3S/c1-30-10-5-18(28)27(13-16-4-3-15(21)11-24-16)20-25-12-17(31-20)19(29)23-6-2-8-26-9-7-22-14-26/h3-4,7,9,11-12,14H,2,5-6,8,10,13H2,1H3,(H,23,29). The molecule has 3 aromatic rings. The minimum atomic E-state index is -0.219. The van der Waals surface area contributed by atoms with Crippen molar-refractivity contribution in [2.75, 3.05) is 25.2 Å². The van der Waals surface area contributed by atoms with Crippen LogP contribution in [0.4, 0.5) is 5.13 Å². The molecule has 0 aliphatic rings. The first kappa shape index (κ1) is 22.9. The van der Waals surface area contributed by atoms with Crippen molar-refractivity contribution < 1.29 is 14.3 Å². The van der Waals surface area contributed by atoms with E-state index in [9.17, 15) is 9.59 Å². The van der Waals surface area contributed by atoms with E-state index in [-0.39, 0.29) is 24.8 Å². The van der Waals surface area contributed by atoms with Crippen molar-refractivity contribution in [2.45, 2.75) is 25.9 Å². The minimum absolute atomic E-state index is 0.166. The predicted octanol–water partition coefficient (Wildman–Crippen LogP) is 2.78. The van der Waals surface area contributed by atoms with Gasteiger partial charge in [0, 0.05) is 38.8 Å². The number of anilines is 1. The van der Waals surface area contributed by atoms with Crippen LogP contribution < -0.4 is 10.2 Å². The Bertz CT molecular complexity index is 977. The van der Waals surface area contributed by atoms with Gasteiger partial charge in [0.05, 0.1) is 42.8 Å². The fourth-order valence-corrected chi connectivity index (χ4v) is 3.67. The second-order valence-electron chi connectivity index (χ2n) is 6.61. The van der Waals surface area contributed by atoms with Gasteiger partial charge in [-0.05, 0) is 18.6 Å². The van der Waals surface area contributed by atoms with Gasteiger partial charge < -0.3 is 14.6 Å². The molecule has 9 nitrogen and oxygen atoms in total. The molecule has 3 rings (SSSR count). The number of aromatic nitrogens is 4. The fourth-order valence-electron chi connectivity index (χ4n) is 2.71. The molecule has 0 aromatic carbocycles. The van der Waals surface area contributed by atoms with E-state index in [1.54, 1.807) is 24.7 Å². The van der Waals surface area contributed by atoms with Crippen molar-refractivity contribution in [3.63, 3.8) is 0 Å². The smallest absolute Gasteiger partial charge is 0.263 e.